The van der Waals surface area contributed by atoms with Gasteiger partial charge in [-0.15, -0.1) is 0 Å². The molecule has 1 rings (SSSR count). The van der Waals surface area contributed by atoms with Crippen LogP contribution in [0, 0.1) is 5.41 Å². The van der Waals surface area contributed by atoms with Crippen molar-refractivity contribution in [3.63, 3.8) is 0 Å². The number of carboxylic acids is 1. The zero-order chi connectivity index (χ0) is 9.19. The Labute approximate surface area is 69.6 Å². The molecule has 0 aromatic rings. The average Bonchev–Trinajstić information content (AvgIpc) is 2.35. The van der Waals surface area contributed by atoms with Gasteiger partial charge in [0.05, 0.1) is 6.42 Å². The van der Waals surface area contributed by atoms with Gasteiger partial charge in [0.1, 0.15) is 0 Å². The highest BCUT2D eigenvalue weighted by molar-refractivity contribution is 5.67. The molecule has 1 fully saturated rings. The van der Waals surface area contributed by atoms with Crippen molar-refractivity contribution in [2.75, 3.05) is 0 Å². The minimum absolute atomic E-state index is 0.358. The number of aliphatic carboxylic acids is 1. The first-order valence-corrected chi connectivity index (χ1v) is 4.07. The second kappa shape index (κ2) is 3.37. The molecule has 70 valence electrons. The third-order valence-electron chi connectivity index (χ3n) is 2.57. The van der Waals surface area contributed by atoms with Gasteiger partial charge in [-0.2, -0.15) is 0 Å². The van der Waals surface area contributed by atoms with E-state index < -0.39 is 17.8 Å². The Balaban J connectivity index is 2.65. The lowest BCUT2D eigenvalue weighted by Gasteiger charge is -2.25. The van der Waals surface area contributed by atoms with Gasteiger partial charge in [-0.1, -0.05) is 12.8 Å². The fourth-order valence-electron chi connectivity index (χ4n) is 1.85. The molecule has 0 radical (unpaired) electrons. The lowest BCUT2D eigenvalue weighted by atomic mass is 9.83. The maximum Gasteiger partial charge on any atom is 0.304 e. The molecule has 2 nitrogen and oxygen atoms in total. The van der Waals surface area contributed by atoms with Crippen molar-refractivity contribution in [3.05, 3.63) is 0 Å². The van der Waals surface area contributed by atoms with E-state index in [1.165, 1.54) is 0 Å². The van der Waals surface area contributed by atoms with Gasteiger partial charge in [-0.3, -0.25) is 4.79 Å². The summed E-state index contributed by atoms with van der Waals surface area (Å²) in [6, 6.07) is 0. The zero-order valence-electron chi connectivity index (χ0n) is 6.72. The van der Waals surface area contributed by atoms with Gasteiger partial charge in [-0.05, 0) is 12.8 Å². The summed E-state index contributed by atoms with van der Waals surface area (Å²) in [6.07, 6.45) is -0.690. The summed E-state index contributed by atoms with van der Waals surface area (Å²) in [5.74, 6) is -1.11. The molecule has 0 aromatic heterocycles. The van der Waals surface area contributed by atoms with Crippen molar-refractivity contribution in [3.8, 4) is 0 Å². The molecular formula is C8H12F2O2. The van der Waals surface area contributed by atoms with Gasteiger partial charge < -0.3 is 5.11 Å². The van der Waals surface area contributed by atoms with Crippen molar-refractivity contribution in [2.24, 2.45) is 5.41 Å². The van der Waals surface area contributed by atoms with E-state index in [2.05, 4.69) is 0 Å². The molecule has 0 bridgehead atoms. The highest BCUT2D eigenvalue weighted by Gasteiger charge is 2.43. The minimum Gasteiger partial charge on any atom is -0.481 e. The summed E-state index contributed by atoms with van der Waals surface area (Å²) in [7, 11) is 0. The van der Waals surface area contributed by atoms with E-state index in [4.69, 9.17) is 5.11 Å². The Morgan fingerprint density at radius 1 is 1.42 bits per heavy atom. The van der Waals surface area contributed by atoms with Gasteiger partial charge in [0.25, 0.3) is 0 Å². The smallest absolute Gasteiger partial charge is 0.304 e. The van der Waals surface area contributed by atoms with E-state index in [0.717, 1.165) is 12.8 Å². The predicted octanol–water partition coefficient (Wildman–Crippen LogP) is 2.29. The Kier molecular flexibility index (Phi) is 2.65. The maximum absolute atomic E-state index is 12.5. The van der Waals surface area contributed by atoms with Crippen molar-refractivity contribution in [2.45, 2.75) is 38.5 Å². The standard InChI is InChI=1S/C8H12F2O2/c9-7(10)8(5-6(11)12)3-1-2-4-8/h7H,1-5H2,(H,11,12). The first-order valence-electron chi connectivity index (χ1n) is 4.07. The first kappa shape index (κ1) is 9.42. The van der Waals surface area contributed by atoms with Crippen LogP contribution in [0.25, 0.3) is 0 Å². The second-order valence-corrected chi connectivity index (χ2v) is 3.44. The van der Waals surface area contributed by atoms with Gasteiger partial charge in [0.15, 0.2) is 0 Å². The molecule has 0 saturated heterocycles. The molecule has 1 aliphatic rings. The normalized spacial score (nSPS) is 21.6. The van der Waals surface area contributed by atoms with Gasteiger partial charge in [-0.25, -0.2) is 8.78 Å². The number of hydrogen-bond donors (Lipinski definition) is 1. The number of rotatable bonds is 3. The fourth-order valence-corrected chi connectivity index (χ4v) is 1.85. The van der Waals surface area contributed by atoms with Crippen LogP contribution in [0.4, 0.5) is 8.78 Å². The monoisotopic (exact) mass is 178 g/mol. The van der Waals surface area contributed by atoms with E-state index >= 15 is 0 Å². The predicted molar refractivity (Wildman–Crippen MR) is 39.2 cm³/mol. The molecule has 0 aromatic carbocycles. The third-order valence-corrected chi connectivity index (χ3v) is 2.57. The Morgan fingerprint density at radius 2 is 1.92 bits per heavy atom. The molecule has 1 saturated carbocycles. The summed E-state index contributed by atoms with van der Waals surface area (Å²) in [4.78, 5) is 10.3. The molecule has 0 aliphatic heterocycles. The largest absolute Gasteiger partial charge is 0.481 e. The van der Waals surface area contributed by atoms with E-state index in [1.54, 1.807) is 0 Å². The van der Waals surface area contributed by atoms with E-state index in [-0.39, 0.29) is 6.42 Å². The molecule has 0 unspecified atom stereocenters. The number of carboxylic acid groups (broad SMARTS) is 1. The Bertz CT molecular complexity index is 174. The van der Waals surface area contributed by atoms with Crippen molar-refractivity contribution < 1.29 is 18.7 Å². The average molecular weight is 178 g/mol. The topological polar surface area (TPSA) is 37.3 Å². The number of hydrogen-bond acceptors (Lipinski definition) is 1. The zero-order valence-corrected chi connectivity index (χ0v) is 6.72. The maximum atomic E-state index is 12.5. The van der Waals surface area contributed by atoms with Crippen LogP contribution in [0.1, 0.15) is 32.1 Å². The molecule has 0 amide bonds. The Morgan fingerprint density at radius 3 is 2.25 bits per heavy atom. The molecule has 0 spiro atoms. The molecule has 4 heteroatoms. The summed E-state index contributed by atoms with van der Waals surface area (Å²) < 4.78 is 25.0. The SMILES string of the molecule is O=C(O)CC1(C(F)F)CCCC1. The Hall–Kier alpha value is -0.670. The second-order valence-electron chi connectivity index (χ2n) is 3.44. The van der Waals surface area contributed by atoms with E-state index in [0.29, 0.717) is 12.8 Å². The van der Waals surface area contributed by atoms with Crippen LogP contribution < -0.4 is 0 Å². The number of carbonyl (C=O) groups is 1. The van der Waals surface area contributed by atoms with Crippen molar-refractivity contribution in [1.29, 1.82) is 0 Å². The van der Waals surface area contributed by atoms with Gasteiger partial charge in [0.2, 0.25) is 6.43 Å². The summed E-state index contributed by atoms with van der Waals surface area (Å²) >= 11 is 0. The molecule has 12 heavy (non-hydrogen) atoms. The van der Waals surface area contributed by atoms with E-state index in [1.807, 2.05) is 0 Å². The first-order chi connectivity index (χ1) is 5.57. The lowest BCUT2D eigenvalue weighted by molar-refractivity contribution is -0.143. The molecule has 0 atom stereocenters. The van der Waals surface area contributed by atoms with Crippen LogP contribution in [-0.2, 0) is 4.79 Å². The molecule has 0 heterocycles. The van der Waals surface area contributed by atoms with Gasteiger partial charge in [0, 0.05) is 5.41 Å². The van der Waals surface area contributed by atoms with Crippen LogP contribution in [0.2, 0.25) is 0 Å². The van der Waals surface area contributed by atoms with Gasteiger partial charge >= 0.3 is 5.97 Å². The quantitative estimate of drug-likeness (QED) is 0.719. The third kappa shape index (κ3) is 1.73. The highest BCUT2D eigenvalue weighted by atomic mass is 19.3. The molecule has 1 N–H and O–H groups in total. The van der Waals surface area contributed by atoms with Crippen LogP contribution in [0.15, 0.2) is 0 Å². The minimum atomic E-state index is -2.49. The fraction of sp³-hybridized carbons (Fsp3) is 0.875. The van der Waals surface area contributed by atoms with Crippen molar-refractivity contribution in [1.82, 2.24) is 0 Å². The number of halogens is 2. The van der Waals surface area contributed by atoms with Crippen LogP contribution >= 0.6 is 0 Å². The van der Waals surface area contributed by atoms with Crippen LogP contribution in [0.5, 0.6) is 0 Å². The summed E-state index contributed by atoms with van der Waals surface area (Å²) in [5.41, 5.74) is -1.22. The summed E-state index contributed by atoms with van der Waals surface area (Å²) in [5, 5.41) is 8.45. The van der Waals surface area contributed by atoms with Crippen molar-refractivity contribution >= 4 is 5.97 Å². The van der Waals surface area contributed by atoms with E-state index in [9.17, 15) is 13.6 Å². The molecular weight excluding hydrogens is 166 g/mol. The van der Waals surface area contributed by atoms with Crippen LogP contribution in [0.3, 0.4) is 0 Å². The summed E-state index contributed by atoms with van der Waals surface area (Å²) in [6.45, 7) is 0. The number of alkyl halides is 2. The van der Waals surface area contributed by atoms with Crippen LogP contribution in [-0.4, -0.2) is 17.5 Å². The highest BCUT2D eigenvalue weighted by Crippen LogP contribution is 2.45. The molecule has 1 aliphatic carbocycles. The lowest BCUT2D eigenvalue weighted by Crippen LogP contribution is -2.29.